The predicted molar refractivity (Wildman–Crippen MR) is 206 cm³/mol. The molecule has 6 aromatic carbocycles. The van der Waals surface area contributed by atoms with Crippen molar-refractivity contribution in [2.45, 2.75) is 26.2 Å². The number of pyridine rings is 1. The Morgan fingerprint density at radius 2 is 1.29 bits per heavy atom. The average molecular weight is 839 g/mol. The monoisotopic (exact) mass is 838 g/mol. The second-order valence-corrected chi connectivity index (χ2v) is 13.5. The van der Waals surface area contributed by atoms with Crippen LogP contribution in [0.2, 0.25) is 0 Å². The number of aryl methyl sites for hydroxylation is 1. The van der Waals surface area contributed by atoms with Crippen molar-refractivity contribution in [3.63, 3.8) is 0 Å². The Morgan fingerprint density at radius 1 is 0.608 bits per heavy atom. The molecule has 9 rings (SSSR count). The van der Waals surface area contributed by atoms with Gasteiger partial charge in [0.1, 0.15) is 11.5 Å². The minimum atomic E-state index is -0.389. The van der Waals surface area contributed by atoms with Gasteiger partial charge in [-0.25, -0.2) is 9.55 Å². The van der Waals surface area contributed by atoms with E-state index in [0.717, 1.165) is 61.3 Å². The zero-order valence-corrected chi connectivity index (χ0v) is 30.9. The SMILES string of the molecule is Cc1ccccc1-c1ccnc(-n2c3[c-]c(C(C)(C)c4[c-]c(-n5[cH+]n(-c6ccccc6)c6ccccc65)ccc4)ccc3c3ccccc32)c1.[Pt]. The summed E-state index contributed by atoms with van der Waals surface area (Å²) in [6.45, 7) is 6.69. The summed E-state index contributed by atoms with van der Waals surface area (Å²) in [7, 11) is 0. The number of benzene rings is 6. The first-order chi connectivity index (χ1) is 24.5. The quantitative estimate of drug-likeness (QED) is 0.153. The third kappa shape index (κ3) is 5.51. The topological polar surface area (TPSA) is 27.7 Å². The Kier molecular flexibility index (Phi) is 8.29. The molecule has 5 heteroatoms. The van der Waals surface area contributed by atoms with E-state index in [2.05, 4.69) is 199 Å². The first kappa shape index (κ1) is 32.6. The van der Waals surface area contributed by atoms with Crippen LogP contribution in [0.1, 0.15) is 30.5 Å². The normalized spacial score (nSPS) is 11.7. The number of fused-ring (bicyclic) bond motifs is 4. The molecule has 0 unspecified atom stereocenters. The van der Waals surface area contributed by atoms with E-state index >= 15 is 0 Å². The maximum absolute atomic E-state index is 4.91. The summed E-state index contributed by atoms with van der Waals surface area (Å²) in [5, 5.41) is 2.34. The van der Waals surface area contributed by atoms with Gasteiger partial charge in [0.15, 0.2) is 17.4 Å². The molecule has 0 aliphatic heterocycles. The molecule has 0 spiro atoms. The molecule has 51 heavy (non-hydrogen) atoms. The molecular formula is C46H35N4Pt-. The summed E-state index contributed by atoms with van der Waals surface area (Å²) >= 11 is 0. The van der Waals surface area contributed by atoms with E-state index in [4.69, 9.17) is 4.98 Å². The third-order valence-corrected chi connectivity index (χ3v) is 10.1. The van der Waals surface area contributed by atoms with E-state index in [0.29, 0.717) is 0 Å². The maximum Gasteiger partial charge on any atom is 0.168 e. The van der Waals surface area contributed by atoms with Crippen molar-refractivity contribution in [3.05, 3.63) is 187 Å². The van der Waals surface area contributed by atoms with Gasteiger partial charge in [-0.15, -0.1) is 23.1 Å². The number of rotatable bonds is 6. The number of imidazole rings is 1. The fraction of sp³-hybridized carbons (Fsp3) is 0.0870. The van der Waals surface area contributed by atoms with E-state index in [1.807, 2.05) is 6.20 Å². The van der Waals surface area contributed by atoms with Crippen LogP contribution in [0.25, 0.3) is 61.2 Å². The second-order valence-electron chi connectivity index (χ2n) is 13.5. The Labute approximate surface area is 312 Å². The number of nitrogens with zero attached hydrogens (tertiary/aromatic N) is 4. The summed E-state index contributed by atoms with van der Waals surface area (Å²) in [5.74, 6) is 0.878. The fourth-order valence-electron chi connectivity index (χ4n) is 7.31. The van der Waals surface area contributed by atoms with E-state index in [1.165, 1.54) is 16.5 Å². The van der Waals surface area contributed by atoms with Crippen molar-refractivity contribution >= 4 is 32.8 Å². The molecule has 0 aliphatic carbocycles. The predicted octanol–water partition coefficient (Wildman–Crippen LogP) is 11.1. The van der Waals surface area contributed by atoms with Gasteiger partial charge in [0.05, 0.1) is 0 Å². The van der Waals surface area contributed by atoms with Crippen LogP contribution in [0.15, 0.2) is 158 Å². The molecule has 0 radical (unpaired) electrons. The first-order valence-electron chi connectivity index (χ1n) is 17.1. The van der Waals surface area contributed by atoms with Crippen molar-refractivity contribution in [1.82, 2.24) is 18.7 Å². The summed E-state index contributed by atoms with van der Waals surface area (Å²) in [5.41, 5.74) is 11.9. The molecule has 0 bridgehead atoms. The largest absolute Gasteiger partial charge is 0.319 e. The van der Waals surface area contributed by atoms with Crippen LogP contribution in [-0.4, -0.2) is 18.7 Å². The molecule has 9 aromatic rings. The summed E-state index contributed by atoms with van der Waals surface area (Å²) in [4.78, 5) is 4.91. The Balaban J connectivity index is 0.00000374. The zero-order chi connectivity index (χ0) is 33.8. The minimum absolute atomic E-state index is 0. The van der Waals surface area contributed by atoms with E-state index in [9.17, 15) is 0 Å². The molecule has 3 heterocycles. The number of hydrogen-bond acceptors (Lipinski definition) is 1. The van der Waals surface area contributed by atoms with Crippen LogP contribution in [0.4, 0.5) is 0 Å². The van der Waals surface area contributed by atoms with Gasteiger partial charge >= 0.3 is 0 Å². The number of para-hydroxylation sites is 4. The molecule has 3 aromatic heterocycles. The molecule has 0 atom stereocenters. The van der Waals surface area contributed by atoms with Gasteiger partial charge in [-0.1, -0.05) is 92.2 Å². The standard InChI is InChI=1S/C46H35N4.Pt/c1-32-14-7-8-19-38(32)33-26-27-47-45(28-33)50-41-21-10-9-20-39(41)40-25-24-35(30-44(40)50)46(2,3)34-15-13-18-37(29-34)49-31-48(36-16-5-4-6-17-36)42-22-11-12-23-43(42)49;/h4-28,31H,1-3H3;/q-1;. The average Bonchev–Trinajstić information content (AvgIpc) is 3.72. The van der Waals surface area contributed by atoms with Crippen molar-refractivity contribution in [2.75, 3.05) is 0 Å². The molecule has 0 fully saturated rings. The first-order valence-corrected chi connectivity index (χ1v) is 17.1. The van der Waals surface area contributed by atoms with Gasteiger partial charge in [0, 0.05) is 50.6 Å². The van der Waals surface area contributed by atoms with Crippen LogP contribution in [0.5, 0.6) is 0 Å². The number of hydrogen-bond donors (Lipinski definition) is 0. The van der Waals surface area contributed by atoms with Crippen LogP contribution in [0, 0.1) is 19.1 Å². The molecule has 4 nitrogen and oxygen atoms in total. The van der Waals surface area contributed by atoms with E-state index in [-0.39, 0.29) is 26.5 Å². The van der Waals surface area contributed by atoms with Gasteiger partial charge in [0.25, 0.3) is 0 Å². The van der Waals surface area contributed by atoms with Crippen LogP contribution >= 0.6 is 0 Å². The molecule has 0 aliphatic rings. The smallest absolute Gasteiger partial charge is 0.168 e. The summed E-state index contributed by atoms with van der Waals surface area (Å²) in [6, 6.07) is 59.0. The van der Waals surface area contributed by atoms with Gasteiger partial charge in [-0.3, -0.25) is 0 Å². The molecule has 0 N–H and O–H groups in total. The van der Waals surface area contributed by atoms with Crippen molar-refractivity contribution in [2.24, 2.45) is 0 Å². The third-order valence-electron chi connectivity index (χ3n) is 10.1. The zero-order valence-electron chi connectivity index (χ0n) is 28.6. The Hall–Kier alpha value is -5.57. The van der Waals surface area contributed by atoms with Gasteiger partial charge in [-0.05, 0) is 64.7 Å². The molecule has 0 saturated heterocycles. The van der Waals surface area contributed by atoms with Gasteiger partial charge < -0.3 is 4.57 Å². The van der Waals surface area contributed by atoms with E-state index < -0.39 is 0 Å². The molecule has 0 saturated carbocycles. The Morgan fingerprint density at radius 3 is 2.10 bits per heavy atom. The minimum Gasteiger partial charge on any atom is -0.319 e. The Bertz CT molecular complexity index is 2700. The molecular weight excluding hydrogens is 804 g/mol. The van der Waals surface area contributed by atoms with Gasteiger partial charge in [0.2, 0.25) is 0 Å². The summed E-state index contributed by atoms with van der Waals surface area (Å²) < 4.78 is 6.74. The molecule has 250 valence electrons. The maximum atomic E-state index is 4.91. The van der Waals surface area contributed by atoms with Crippen LogP contribution < -0.4 is 0 Å². The van der Waals surface area contributed by atoms with Gasteiger partial charge in [-0.2, -0.15) is 40.5 Å². The fourth-order valence-corrected chi connectivity index (χ4v) is 7.31. The number of aromatic nitrogens is 4. The van der Waals surface area contributed by atoms with Crippen molar-refractivity contribution < 1.29 is 21.1 Å². The van der Waals surface area contributed by atoms with Crippen LogP contribution in [-0.2, 0) is 26.5 Å². The molecule has 0 amide bonds. The van der Waals surface area contributed by atoms with Crippen LogP contribution in [0.3, 0.4) is 0 Å². The second kappa shape index (κ2) is 13.0. The van der Waals surface area contributed by atoms with Crippen molar-refractivity contribution in [1.29, 1.82) is 0 Å². The van der Waals surface area contributed by atoms with Crippen molar-refractivity contribution in [3.8, 4) is 28.3 Å². The summed E-state index contributed by atoms with van der Waals surface area (Å²) in [6.07, 6.45) is 4.08. The van der Waals surface area contributed by atoms with E-state index in [1.54, 1.807) is 0 Å².